The highest BCUT2D eigenvalue weighted by Gasteiger charge is 2.76. The molecule has 0 saturated carbocycles. The van der Waals surface area contributed by atoms with Crippen molar-refractivity contribution in [2.45, 2.75) is 37.6 Å². The van der Waals surface area contributed by atoms with Crippen molar-refractivity contribution < 1.29 is 32.3 Å². The summed E-state index contributed by atoms with van der Waals surface area (Å²) >= 11 is 0. The standard InChI is InChI=1S/C18H13F3N2O4/c1-16-6-11(24)17(2,27-16)13-12(16)14(25)23(15(13)26)9-4-3-8(7-22)10(5-9)18(19,20)21/h3-5,12-13H,6H2,1-2H3/t12-,13+,16-,17+/m1/s1. The molecule has 0 aromatic heterocycles. The number of nitrogens with zero attached hydrogens (tertiary/aromatic N) is 2. The van der Waals surface area contributed by atoms with Gasteiger partial charge in [0.25, 0.3) is 0 Å². The first-order chi connectivity index (χ1) is 12.4. The molecule has 4 atom stereocenters. The Balaban J connectivity index is 1.82. The zero-order valence-corrected chi connectivity index (χ0v) is 14.3. The normalized spacial score (nSPS) is 35.0. The van der Waals surface area contributed by atoms with Gasteiger partial charge in [-0.3, -0.25) is 14.4 Å². The summed E-state index contributed by atoms with van der Waals surface area (Å²) in [5.74, 6) is -3.76. The molecule has 3 fully saturated rings. The zero-order chi connectivity index (χ0) is 19.9. The third kappa shape index (κ3) is 2.07. The van der Waals surface area contributed by atoms with Crippen LogP contribution in [0.25, 0.3) is 0 Å². The fourth-order valence-corrected chi connectivity index (χ4v) is 4.58. The van der Waals surface area contributed by atoms with Gasteiger partial charge in [0.1, 0.15) is 5.60 Å². The minimum Gasteiger partial charge on any atom is -0.359 e. The highest BCUT2D eigenvalue weighted by atomic mass is 19.4. The molecule has 140 valence electrons. The number of carbonyl (C=O) groups is 3. The third-order valence-corrected chi connectivity index (χ3v) is 5.76. The maximum absolute atomic E-state index is 13.2. The number of hydrogen-bond acceptors (Lipinski definition) is 5. The second-order valence-corrected chi connectivity index (χ2v) is 7.43. The van der Waals surface area contributed by atoms with Gasteiger partial charge in [0, 0.05) is 6.42 Å². The molecule has 6 nitrogen and oxygen atoms in total. The fraction of sp³-hybridized carbons (Fsp3) is 0.444. The van der Waals surface area contributed by atoms with E-state index in [1.807, 2.05) is 0 Å². The summed E-state index contributed by atoms with van der Waals surface area (Å²) in [4.78, 5) is 38.8. The average Bonchev–Trinajstić information content (AvgIpc) is 3.07. The zero-order valence-electron chi connectivity index (χ0n) is 14.3. The van der Waals surface area contributed by atoms with Crippen molar-refractivity contribution in [2.24, 2.45) is 11.8 Å². The van der Waals surface area contributed by atoms with Crippen LogP contribution in [0.3, 0.4) is 0 Å². The van der Waals surface area contributed by atoms with E-state index in [1.54, 1.807) is 6.92 Å². The highest BCUT2D eigenvalue weighted by molar-refractivity contribution is 6.25. The van der Waals surface area contributed by atoms with Crippen LogP contribution in [0.1, 0.15) is 31.4 Å². The lowest BCUT2D eigenvalue weighted by atomic mass is 9.68. The molecule has 1 aromatic carbocycles. The summed E-state index contributed by atoms with van der Waals surface area (Å²) in [5.41, 5.74) is -4.72. The molecule has 3 aliphatic rings. The summed E-state index contributed by atoms with van der Waals surface area (Å²) in [6, 6.07) is 4.11. The van der Waals surface area contributed by atoms with Crippen LogP contribution in [0.2, 0.25) is 0 Å². The molecule has 0 spiro atoms. The second kappa shape index (κ2) is 4.95. The van der Waals surface area contributed by atoms with Gasteiger partial charge in [0.15, 0.2) is 5.78 Å². The molecule has 9 heteroatoms. The quantitative estimate of drug-likeness (QED) is 0.699. The van der Waals surface area contributed by atoms with E-state index in [1.165, 1.54) is 13.0 Å². The maximum atomic E-state index is 13.2. The number of amides is 2. The number of benzene rings is 1. The summed E-state index contributed by atoms with van der Waals surface area (Å²) < 4.78 is 45.4. The van der Waals surface area contributed by atoms with Gasteiger partial charge in [-0.1, -0.05) is 0 Å². The molecule has 0 aliphatic carbocycles. The number of hydrogen-bond donors (Lipinski definition) is 0. The molecule has 3 saturated heterocycles. The molecule has 0 unspecified atom stereocenters. The van der Waals surface area contributed by atoms with E-state index in [0.29, 0.717) is 11.0 Å². The van der Waals surface area contributed by atoms with Crippen LogP contribution in [-0.2, 0) is 25.3 Å². The number of Topliss-reactive ketones (excluding diaryl/α,β-unsaturated/α-hetero) is 1. The molecule has 1 aromatic rings. The first-order valence-electron chi connectivity index (χ1n) is 8.17. The number of rotatable bonds is 1. The van der Waals surface area contributed by atoms with Gasteiger partial charge in [-0.05, 0) is 32.0 Å². The van der Waals surface area contributed by atoms with Crippen molar-refractivity contribution in [1.29, 1.82) is 5.26 Å². The summed E-state index contributed by atoms with van der Waals surface area (Å²) in [6.45, 7) is 3.01. The smallest absolute Gasteiger partial charge is 0.359 e. The lowest BCUT2D eigenvalue weighted by Crippen LogP contribution is -2.46. The van der Waals surface area contributed by atoms with Crippen LogP contribution in [0.5, 0.6) is 0 Å². The number of alkyl halides is 3. The Morgan fingerprint density at radius 1 is 1.19 bits per heavy atom. The number of ketones is 1. The SMILES string of the molecule is C[C@]12CC(=O)[C@](C)(O1)[C@@H]1C(=O)N(c3ccc(C#N)c(C(F)(F)F)c3)C(=O)[C@@H]12. The van der Waals surface area contributed by atoms with Gasteiger partial charge in [-0.2, -0.15) is 18.4 Å². The van der Waals surface area contributed by atoms with Crippen LogP contribution in [-0.4, -0.2) is 28.8 Å². The van der Waals surface area contributed by atoms with Crippen LogP contribution >= 0.6 is 0 Å². The van der Waals surface area contributed by atoms with Crippen LogP contribution in [0.4, 0.5) is 18.9 Å². The Bertz CT molecular complexity index is 966. The predicted octanol–water partition coefficient (Wildman–Crippen LogP) is 2.20. The van der Waals surface area contributed by atoms with Gasteiger partial charge in [0.2, 0.25) is 11.8 Å². The lowest BCUT2D eigenvalue weighted by molar-refractivity contribution is -0.140. The van der Waals surface area contributed by atoms with E-state index >= 15 is 0 Å². The maximum Gasteiger partial charge on any atom is 0.417 e. The highest BCUT2D eigenvalue weighted by Crippen LogP contribution is 2.59. The van der Waals surface area contributed by atoms with E-state index < -0.39 is 52.2 Å². The summed E-state index contributed by atoms with van der Waals surface area (Å²) in [5, 5.41) is 8.90. The van der Waals surface area contributed by atoms with Crippen molar-refractivity contribution >= 4 is 23.3 Å². The van der Waals surface area contributed by atoms with Crippen LogP contribution in [0.15, 0.2) is 18.2 Å². The molecule has 0 N–H and O–H groups in total. The van der Waals surface area contributed by atoms with Crippen molar-refractivity contribution in [3.63, 3.8) is 0 Å². The largest absolute Gasteiger partial charge is 0.417 e. The first kappa shape index (κ1) is 17.7. The van der Waals surface area contributed by atoms with E-state index in [0.717, 1.165) is 12.1 Å². The third-order valence-electron chi connectivity index (χ3n) is 5.76. The van der Waals surface area contributed by atoms with E-state index in [4.69, 9.17) is 10.00 Å². The number of carbonyl (C=O) groups excluding carboxylic acids is 3. The Morgan fingerprint density at radius 3 is 2.41 bits per heavy atom. The Labute approximate surface area is 151 Å². The summed E-state index contributed by atoms with van der Waals surface area (Å²) in [7, 11) is 0. The van der Waals surface area contributed by atoms with E-state index in [2.05, 4.69) is 0 Å². The van der Waals surface area contributed by atoms with Crippen LogP contribution in [0, 0.1) is 23.2 Å². The molecule has 3 aliphatic heterocycles. The van der Waals surface area contributed by atoms with Crippen molar-refractivity contribution in [1.82, 2.24) is 0 Å². The number of ether oxygens (including phenoxy) is 1. The Kier molecular flexibility index (Phi) is 3.24. The molecule has 27 heavy (non-hydrogen) atoms. The molecular weight excluding hydrogens is 365 g/mol. The van der Waals surface area contributed by atoms with Gasteiger partial charge >= 0.3 is 6.18 Å². The van der Waals surface area contributed by atoms with Gasteiger partial charge in [0.05, 0.1) is 40.3 Å². The Morgan fingerprint density at radius 2 is 1.81 bits per heavy atom. The van der Waals surface area contributed by atoms with Crippen LogP contribution < -0.4 is 4.90 Å². The molecule has 2 bridgehead atoms. The predicted molar refractivity (Wildman–Crippen MR) is 83.2 cm³/mol. The Hall–Kier alpha value is -2.73. The van der Waals surface area contributed by atoms with Crippen molar-refractivity contribution in [2.75, 3.05) is 4.90 Å². The average molecular weight is 378 g/mol. The van der Waals surface area contributed by atoms with Gasteiger partial charge in [-0.25, -0.2) is 4.90 Å². The monoisotopic (exact) mass is 378 g/mol. The van der Waals surface area contributed by atoms with Gasteiger partial charge < -0.3 is 4.74 Å². The molecule has 4 rings (SSSR count). The minimum atomic E-state index is -4.82. The number of nitriles is 1. The number of fused-ring (bicyclic) bond motifs is 5. The minimum absolute atomic E-state index is 0.0291. The number of halogens is 3. The molecule has 3 heterocycles. The first-order valence-corrected chi connectivity index (χ1v) is 8.17. The van der Waals surface area contributed by atoms with Gasteiger partial charge in [-0.15, -0.1) is 0 Å². The number of imide groups is 1. The molecular formula is C18H13F3N2O4. The second-order valence-electron chi connectivity index (χ2n) is 7.43. The van der Waals surface area contributed by atoms with Crippen molar-refractivity contribution in [3.05, 3.63) is 29.3 Å². The van der Waals surface area contributed by atoms with Crippen molar-refractivity contribution in [3.8, 4) is 6.07 Å². The number of anilines is 1. The summed E-state index contributed by atoms with van der Waals surface area (Å²) in [6.07, 6.45) is -4.85. The molecule has 0 radical (unpaired) electrons. The molecule has 2 amide bonds. The fourth-order valence-electron chi connectivity index (χ4n) is 4.58. The van der Waals surface area contributed by atoms with E-state index in [-0.39, 0.29) is 17.9 Å². The van der Waals surface area contributed by atoms with E-state index in [9.17, 15) is 27.6 Å². The lowest BCUT2D eigenvalue weighted by Gasteiger charge is -2.26. The topological polar surface area (TPSA) is 87.5 Å².